The highest BCUT2D eigenvalue weighted by Gasteiger charge is 2.12. The fraction of sp³-hybridized carbons (Fsp3) is 0.136. The Kier molecular flexibility index (Phi) is 6.20. The SMILES string of the molecule is COc1cc(CNc2ccc3[nH]c(=O)[nH]c3c2)c(Br)cc1OCc1ccc(F)cc1Cl. The molecule has 3 N–H and O–H groups in total. The third kappa shape index (κ3) is 4.86. The van der Waals surface area contributed by atoms with E-state index >= 15 is 0 Å². The molecule has 0 atom stereocenters. The van der Waals surface area contributed by atoms with Crippen molar-refractivity contribution in [1.29, 1.82) is 0 Å². The molecule has 160 valence electrons. The fourth-order valence-corrected chi connectivity index (χ4v) is 3.80. The van der Waals surface area contributed by atoms with Crippen molar-refractivity contribution in [1.82, 2.24) is 9.97 Å². The van der Waals surface area contributed by atoms with E-state index in [0.717, 1.165) is 26.8 Å². The smallest absolute Gasteiger partial charge is 0.323 e. The minimum absolute atomic E-state index is 0.175. The maximum absolute atomic E-state index is 13.2. The van der Waals surface area contributed by atoms with Crippen LogP contribution in [0.15, 0.2) is 57.8 Å². The van der Waals surface area contributed by atoms with Crippen molar-refractivity contribution >= 4 is 44.3 Å². The summed E-state index contributed by atoms with van der Waals surface area (Å²) in [5.41, 5.74) is 3.73. The number of ether oxygens (including phenoxy) is 2. The van der Waals surface area contributed by atoms with Crippen molar-refractivity contribution < 1.29 is 13.9 Å². The number of benzene rings is 3. The van der Waals surface area contributed by atoms with Crippen molar-refractivity contribution in [3.05, 3.63) is 85.5 Å². The second-order valence-electron chi connectivity index (χ2n) is 6.81. The predicted molar refractivity (Wildman–Crippen MR) is 123 cm³/mol. The Morgan fingerprint density at radius 3 is 2.61 bits per heavy atom. The summed E-state index contributed by atoms with van der Waals surface area (Å²) in [6.45, 7) is 0.690. The van der Waals surface area contributed by atoms with Gasteiger partial charge in [-0.15, -0.1) is 0 Å². The van der Waals surface area contributed by atoms with E-state index in [1.807, 2.05) is 30.3 Å². The lowest BCUT2D eigenvalue weighted by Gasteiger charge is -2.15. The molecular formula is C22H18BrClFN3O3. The first-order chi connectivity index (χ1) is 14.9. The quantitative estimate of drug-likeness (QED) is 0.304. The zero-order valence-electron chi connectivity index (χ0n) is 16.4. The predicted octanol–water partition coefficient (Wildman–Crippen LogP) is 5.61. The molecule has 0 bridgehead atoms. The van der Waals surface area contributed by atoms with E-state index in [1.54, 1.807) is 13.2 Å². The van der Waals surface area contributed by atoms with Crippen LogP contribution in [0.4, 0.5) is 10.1 Å². The van der Waals surface area contributed by atoms with Gasteiger partial charge in [0.15, 0.2) is 11.5 Å². The molecule has 1 aromatic heterocycles. The van der Waals surface area contributed by atoms with Crippen LogP contribution in [0.1, 0.15) is 11.1 Å². The van der Waals surface area contributed by atoms with E-state index in [-0.39, 0.29) is 12.3 Å². The summed E-state index contributed by atoms with van der Waals surface area (Å²) in [6, 6.07) is 13.5. The number of fused-ring (bicyclic) bond motifs is 1. The van der Waals surface area contributed by atoms with Gasteiger partial charge in [-0.2, -0.15) is 0 Å². The Hall–Kier alpha value is -2.97. The molecule has 0 radical (unpaired) electrons. The monoisotopic (exact) mass is 505 g/mol. The standard InChI is InChI=1S/C22H18BrClFN3O3/c1-30-20-6-13(10-26-15-4-5-18-19(8-15)28-22(29)27-18)16(23)9-21(20)31-11-12-2-3-14(25)7-17(12)24/h2-9,26H,10-11H2,1H3,(H2,27,28,29). The minimum Gasteiger partial charge on any atom is -0.493 e. The number of imidazole rings is 1. The minimum atomic E-state index is -0.395. The van der Waals surface area contributed by atoms with Crippen LogP contribution in [-0.2, 0) is 13.2 Å². The van der Waals surface area contributed by atoms with Gasteiger partial charge < -0.3 is 24.8 Å². The average Bonchev–Trinajstić information content (AvgIpc) is 3.11. The normalized spacial score (nSPS) is 11.0. The van der Waals surface area contributed by atoms with E-state index in [4.69, 9.17) is 21.1 Å². The Morgan fingerprint density at radius 1 is 1.03 bits per heavy atom. The Labute approximate surface area is 190 Å². The first-order valence-electron chi connectivity index (χ1n) is 9.32. The average molecular weight is 507 g/mol. The third-order valence-electron chi connectivity index (χ3n) is 4.73. The molecule has 0 aliphatic carbocycles. The molecule has 0 spiro atoms. The van der Waals surface area contributed by atoms with E-state index < -0.39 is 5.82 Å². The molecule has 4 aromatic rings. The molecule has 0 aliphatic heterocycles. The van der Waals surface area contributed by atoms with E-state index in [9.17, 15) is 9.18 Å². The highest BCUT2D eigenvalue weighted by molar-refractivity contribution is 9.10. The van der Waals surface area contributed by atoms with Gasteiger partial charge in [0.1, 0.15) is 12.4 Å². The number of methoxy groups -OCH3 is 1. The lowest BCUT2D eigenvalue weighted by molar-refractivity contribution is 0.284. The Bertz CT molecular complexity index is 1310. The summed E-state index contributed by atoms with van der Waals surface area (Å²) in [5, 5.41) is 3.63. The number of H-pyrrole nitrogens is 2. The van der Waals surface area contributed by atoms with E-state index in [0.29, 0.717) is 28.6 Å². The van der Waals surface area contributed by atoms with Crippen LogP contribution >= 0.6 is 27.5 Å². The van der Waals surface area contributed by atoms with Gasteiger partial charge in [0.05, 0.1) is 23.2 Å². The van der Waals surface area contributed by atoms with Crippen molar-refractivity contribution in [2.45, 2.75) is 13.2 Å². The highest BCUT2D eigenvalue weighted by Crippen LogP contribution is 2.35. The summed E-state index contributed by atoms with van der Waals surface area (Å²) in [6.07, 6.45) is 0. The maximum Gasteiger partial charge on any atom is 0.323 e. The highest BCUT2D eigenvalue weighted by atomic mass is 79.9. The van der Waals surface area contributed by atoms with Crippen LogP contribution in [0.5, 0.6) is 11.5 Å². The second-order valence-corrected chi connectivity index (χ2v) is 8.07. The number of nitrogens with one attached hydrogen (secondary N) is 3. The van der Waals surface area contributed by atoms with Gasteiger partial charge in [0.25, 0.3) is 0 Å². The van der Waals surface area contributed by atoms with Crippen molar-refractivity contribution in [3.8, 4) is 11.5 Å². The maximum atomic E-state index is 13.2. The molecule has 0 aliphatic rings. The summed E-state index contributed by atoms with van der Waals surface area (Å²) in [4.78, 5) is 16.9. The van der Waals surface area contributed by atoms with Crippen LogP contribution in [0, 0.1) is 5.82 Å². The van der Waals surface area contributed by atoms with Gasteiger partial charge in [-0.1, -0.05) is 33.6 Å². The van der Waals surface area contributed by atoms with Gasteiger partial charge in [-0.25, -0.2) is 9.18 Å². The number of rotatable bonds is 7. The number of halogens is 3. The number of aromatic amines is 2. The molecule has 1 heterocycles. The van der Waals surface area contributed by atoms with E-state index in [1.165, 1.54) is 12.1 Å². The molecule has 31 heavy (non-hydrogen) atoms. The van der Waals surface area contributed by atoms with Gasteiger partial charge in [0, 0.05) is 22.3 Å². The molecule has 0 fully saturated rings. The van der Waals surface area contributed by atoms with Crippen LogP contribution in [-0.4, -0.2) is 17.1 Å². The van der Waals surface area contributed by atoms with E-state index in [2.05, 4.69) is 31.2 Å². The molecular weight excluding hydrogens is 489 g/mol. The Balaban J connectivity index is 1.49. The zero-order valence-corrected chi connectivity index (χ0v) is 18.7. The summed E-state index contributed by atoms with van der Waals surface area (Å²) >= 11 is 9.65. The largest absolute Gasteiger partial charge is 0.493 e. The molecule has 0 saturated heterocycles. The van der Waals surface area contributed by atoms with Crippen molar-refractivity contribution in [3.63, 3.8) is 0 Å². The second kappa shape index (κ2) is 9.03. The first-order valence-corrected chi connectivity index (χ1v) is 10.5. The van der Waals surface area contributed by atoms with Gasteiger partial charge in [0.2, 0.25) is 0 Å². The molecule has 6 nitrogen and oxygen atoms in total. The molecule has 0 saturated carbocycles. The summed E-state index contributed by atoms with van der Waals surface area (Å²) in [7, 11) is 1.56. The lowest BCUT2D eigenvalue weighted by Crippen LogP contribution is -2.03. The summed E-state index contributed by atoms with van der Waals surface area (Å²) < 4.78 is 25.4. The molecule has 0 amide bonds. The number of hydrogen-bond donors (Lipinski definition) is 3. The molecule has 4 rings (SSSR count). The molecule has 3 aromatic carbocycles. The van der Waals surface area contributed by atoms with Crippen LogP contribution in [0.3, 0.4) is 0 Å². The van der Waals surface area contributed by atoms with Crippen molar-refractivity contribution in [2.24, 2.45) is 0 Å². The van der Waals surface area contributed by atoms with Gasteiger partial charge in [-0.3, -0.25) is 0 Å². The van der Waals surface area contributed by atoms with Gasteiger partial charge in [-0.05, 0) is 48.0 Å². The Morgan fingerprint density at radius 2 is 1.84 bits per heavy atom. The number of aromatic nitrogens is 2. The fourth-order valence-electron chi connectivity index (χ4n) is 3.12. The van der Waals surface area contributed by atoms with Crippen LogP contribution in [0.2, 0.25) is 5.02 Å². The van der Waals surface area contributed by atoms with Gasteiger partial charge >= 0.3 is 5.69 Å². The first kappa shape index (κ1) is 21.3. The lowest BCUT2D eigenvalue weighted by atomic mass is 10.2. The molecule has 9 heteroatoms. The van der Waals surface area contributed by atoms with Crippen molar-refractivity contribution in [2.75, 3.05) is 12.4 Å². The number of anilines is 1. The van der Waals surface area contributed by atoms with Crippen LogP contribution < -0.4 is 20.5 Å². The third-order valence-corrected chi connectivity index (χ3v) is 5.82. The zero-order chi connectivity index (χ0) is 22.0. The van der Waals surface area contributed by atoms with Crippen LogP contribution in [0.25, 0.3) is 11.0 Å². The number of hydrogen-bond acceptors (Lipinski definition) is 4. The topological polar surface area (TPSA) is 79.1 Å². The summed E-state index contributed by atoms with van der Waals surface area (Å²) in [5.74, 6) is 0.696. The molecule has 0 unspecified atom stereocenters.